The number of carbonyl (C=O) groups excluding carboxylic acids is 1. The Kier molecular flexibility index (Phi) is 4.59. The van der Waals surface area contributed by atoms with Crippen LogP contribution in [0.4, 0.5) is 5.82 Å². The highest BCUT2D eigenvalue weighted by Crippen LogP contribution is 2.20. The first kappa shape index (κ1) is 14.8. The normalized spacial score (nSPS) is 11.1. The highest BCUT2D eigenvalue weighted by Gasteiger charge is 2.16. The third kappa shape index (κ3) is 3.27. The van der Waals surface area contributed by atoms with Crippen LogP contribution >= 0.6 is 15.9 Å². The van der Waals surface area contributed by atoms with Crippen LogP contribution < -0.4 is 10.2 Å². The summed E-state index contributed by atoms with van der Waals surface area (Å²) in [6, 6.07) is 0.128. The van der Waals surface area contributed by atoms with E-state index in [1.54, 1.807) is 6.20 Å². The SMILES string of the molecule is CCN(CC(=O)NC(C)C)c1nc(Br)cn2ccnc12. The lowest BCUT2D eigenvalue weighted by molar-refractivity contribution is -0.120. The highest BCUT2D eigenvalue weighted by atomic mass is 79.9. The first-order chi connectivity index (χ1) is 9.51. The van der Waals surface area contributed by atoms with Crippen molar-refractivity contribution in [1.82, 2.24) is 19.7 Å². The smallest absolute Gasteiger partial charge is 0.239 e. The molecule has 7 heteroatoms. The molecule has 0 fully saturated rings. The molecule has 2 aromatic rings. The fourth-order valence-corrected chi connectivity index (χ4v) is 2.36. The van der Waals surface area contributed by atoms with Crippen molar-refractivity contribution in [3.63, 3.8) is 0 Å². The quantitative estimate of drug-likeness (QED) is 0.902. The summed E-state index contributed by atoms with van der Waals surface area (Å²) in [4.78, 5) is 22.6. The van der Waals surface area contributed by atoms with Crippen LogP contribution in [0, 0.1) is 0 Å². The number of amides is 1. The Morgan fingerprint density at radius 3 is 2.95 bits per heavy atom. The van der Waals surface area contributed by atoms with E-state index in [1.807, 2.05) is 42.5 Å². The molecule has 0 aromatic carbocycles. The molecule has 2 aromatic heterocycles. The lowest BCUT2D eigenvalue weighted by Gasteiger charge is -2.22. The van der Waals surface area contributed by atoms with Gasteiger partial charge in [0.2, 0.25) is 5.91 Å². The maximum absolute atomic E-state index is 11.9. The summed E-state index contributed by atoms with van der Waals surface area (Å²) in [5.74, 6) is 0.680. The number of hydrogen-bond donors (Lipinski definition) is 1. The van der Waals surface area contributed by atoms with E-state index in [4.69, 9.17) is 0 Å². The zero-order valence-electron chi connectivity index (χ0n) is 11.8. The Hall–Kier alpha value is -1.63. The maximum Gasteiger partial charge on any atom is 0.239 e. The van der Waals surface area contributed by atoms with Crippen molar-refractivity contribution in [2.75, 3.05) is 18.0 Å². The number of anilines is 1. The van der Waals surface area contributed by atoms with Crippen LogP contribution in [0.5, 0.6) is 0 Å². The molecule has 20 heavy (non-hydrogen) atoms. The molecule has 0 saturated heterocycles. The van der Waals surface area contributed by atoms with Crippen LogP contribution in [0.3, 0.4) is 0 Å². The van der Waals surface area contributed by atoms with Crippen molar-refractivity contribution in [3.8, 4) is 0 Å². The molecule has 0 bridgehead atoms. The van der Waals surface area contributed by atoms with Gasteiger partial charge in [-0.3, -0.25) is 4.79 Å². The standard InChI is InChI=1S/C13H18BrN5O/c1-4-18(8-11(20)16-9(2)3)13-12-15-5-6-19(12)7-10(14)17-13/h5-7,9H,4,8H2,1-3H3,(H,16,20). The van der Waals surface area contributed by atoms with Crippen molar-refractivity contribution in [3.05, 3.63) is 23.2 Å². The van der Waals surface area contributed by atoms with Crippen molar-refractivity contribution in [2.24, 2.45) is 0 Å². The number of nitrogens with zero attached hydrogens (tertiary/aromatic N) is 4. The monoisotopic (exact) mass is 339 g/mol. The third-order valence-corrected chi connectivity index (χ3v) is 3.17. The molecule has 2 heterocycles. The minimum Gasteiger partial charge on any atom is -0.352 e. The Labute approximate surface area is 126 Å². The number of carbonyl (C=O) groups is 1. The topological polar surface area (TPSA) is 62.5 Å². The molecule has 1 N–H and O–H groups in total. The average Bonchev–Trinajstić information content (AvgIpc) is 2.82. The Balaban J connectivity index is 2.29. The maximum atomic E-state index is 11.9. The summed E-state index contributed by atoms with van der Waals surface area (Å²) in [6.45, 7) is 6.82. The molecule has 0 aliphatic heterocycles. The molecule has 0 radical (unpaired) electrons. The van der Waals surface area contributed by atoms with Crippen LogP contribution in [0.15, 0.2) is 23.2 Å². The van der Waals surface area contributed by atoms with E-state index in [0.29, 0.717) is 17.0 Å². The van der Waals surface area contributed by atoms with Gasteiger partial charge in [-0.2, -0.15) is 0 Å². The van der Waals surface area contributed by atoms with E-state index in [0.717, 1.165) is 5.65 Å². The number of likely N-dealkylation sites (N-methyl/N-ethyl adjacent to an activating group) is 1. The predicted molar refractivity (Wildman–Crippen MR) is 81.9 cm³/mol. The molecule has 0 aliphatic carbocycles. The summed E-state index contributed by atoms with van der Waals surface area (Å²) in [5, 5.41) is 2.89. The molecule has 0 spiro atoms. The van der Waals surface area contributed by atoms with Gasteiger partial charge in [-0.25, -0.2) is 9.97 Å². The molecule has 6 nitrogen and oxygen atoms in total. The molecule has 2 rings (SSSR count). The fourth-order valence-electron chi connectivity index (χ4n) is 1.97. The molecule has 108 valence electrons. The van der Waals surface area contributed by atoms with Crippen LogP contribution in [0.25, 0.3) is 5.65 Å². The van der Waals surface area contributed by atoms with E-state index in [1.165, 1.54) is 0 Å². The minimum atomic E-state index is -0.0201. The van der Waals surface area contributed by atoms with Gasteiger partial charge >= 0.3 is 0 Å². The number of imidazole rings is 1. The van der Waals surface area contributed by atoms with E-state index >= 15 is 0 Å². The van der Waals surface area contributed by atoms with Gasteiger partial charge in [0.25, 0.3) is 0 Å². The molecule has 0 saturated carbocycles. The first-order valence-electron chi connectivity index (χ1n) is 6.54. The van der Waals surface area contributed by atoms with E-state index in [2.05, 4.69) is 31.2 Å². The fraction of sp³-hybridized carbons (Fsp3) is 0.462. The lowest BCUT2D eigenvalue weighted by atomic mass is 10.3. The van der Waals surface area contributed by atoms with Gasteiger partial charge in [0, 0.05) is 31.2 Å². The largest absolute Gasteiger partial charge is 0.352 e. The third-order valence-electron chi connectivity index (χ3n) is 2.79. The number of hydrogen-bond acceptors (Lipinski definition) is 4. The van der Waals surface area contributed by atoms with Gasteiger partial charge in [0.1, 0.15) is 4.60 Å². The van der Waals surface area contributed by atoms with Gasteiger partial charge in [-0.1, -0.05) is 0 Å². The van der Waals surface area contributed by atoms with Crippen LogP contribution in [-0.2, 0) is 4.79 Å². The average molecular weight is 340 g/mol. The van der Waals surface area contributed by atoms with Crippen molar-refractivity contribution < 1.29 is 4.79 Å². The number of fused-ring (bicyclic) bond motifs is 1. The second kappa shape index (κ2) is 6.21. The molecule has 0 atom stereocenters. The Morgan fingerprint density at radius 2 is 2.30 bits per heavy atom. The first-order valence-corrected chi connectivity index (χ1v) is 7.34. The molecular weight excluding hydrogens is 322 g/mol. The van der Waals surface area contributed by atoms with Crippen LogP contribution in [0.1, 0.15) is 20.8 Å². The minimum absolute atomic E-state index is 0.0201. The molecule has 1 amide bonds. The number of aromatic nitrogens is 3. The van der Waals surface area contributed by atoms with Gasteiger partial charge in [-0.15, -0.1) is 0 Å². The summed E-state index contributed by atoms with van der Waals surface area (Å²) in [7, 11) is 0. The summed E-state index contributed by atoms with van der Waals surface area (Å²) >= 11 is 3.39. The molecule has 0 aliphatic rings. The van der Waals surface area contributed by atoms with Gasteiger partial charge < -0.3 is 14.6 Å². The van der Waals surface area contributed by atoms with Crippen LogP contribution in [-0.4, -0.2) is 39.4 Å². The summed E-state index contributed by atoms with van der Waals surface area (Å²) in [6.07, 6.45) is 5.41. The molecule has 0 unspecified atom stereocenters. The second-order valence-corrected chi connectivity index (χ2v) is 5.59. The van der Waals surface area contributed by atoms with Crippen molar-refractivity contribution >= 4 is 33.3 Å². The second-order valence-electron chi connectivity index (χ2n) is 4.78. The van der Waals surface area contributed by atoms with E-state index in [9.17, 15) is 4.79 Å². The van der Waals surface area contributed by atoms with Gasteiger partial charge in [0.05, 0.1) is 6.54 Å². The summed E-state index contributed by atoms with van der Waals surface area (Å²) < 4.78 is 2.59. The Bertz CT molecular complexity index is 610. The Morgan fingerprint density at radius 1 is 1.55 bits per heavy atom. The highest BCUT2D eigenvalue weighted by molar-refractivity contribution is 9.10. The van der Waals surface area contributed by atoms with Crippen molar-refractivity contribution in [2.45, 2.75) is 26.8 Å². The van der Waals surface area contributed by atoms with E-state index < -0.39 is 0 Å². The number of nitrogens with one attached hydrogen (secondary N) is 1. The number of halogens is 1. The van der Waals surface area contributed by atoms with Gasteiger partial charge in [0.15, 0.2) is 11.5 Å². The van der Waals surface area contributed by atoms with Crippen LogP contribution in [0.2, 0.25) is 0 Å². The molecular formula is C13H18BrN5O. The zero-order valence-corrected chi connectivity index (χ0v) is 13.4. The van der Waals surface area contributed by atoms with Crippen molar-refractivity contribution in [1.29, 1.82) is 0 Å². The summed E-state index contributed by atoms with van der Waals surface area (Å²) in [5.41, 5.74) is 0.743. The zero-order chi connectivity index (χ0) is 14.7. The van der Waals surface area contributed by atoms with E-state index in [-0.39, 0.29) is 18.5 Å². The van der Waals surface area contributed by atoms with Gasteiger partial charge in [-0.05, 0) is 36.7 Å². The predicted octanol–water partition coefficient (Wildman–Crippen LogP) is 1.84. The number of rotatable bonds is 5. The lowest BCUT2D eigenvalue weighted by Crippen LogP contribution is -2.40.